The van der Waals surface area contributed by atoms with Crippen LogP contribution in [0.25, 0.3) is 0 Å². The molecular formula is C12H15ClO4. The lowest BCUT2D eigenvalue weighted by Crippen LogP contribution is -2.11. The first-order valence-electron chi connectivity index (χ1n) is 5.04. The van der Waals surface area contributed by atoms with Gasteiger partial charge in [-0.3, -0.25) is 4.79 Å². The van der Waals surface area contributed by atoms with Crippen molar-refractivity contribution in [3.8, 4) is 11.5 Å². The van der Waals surface area contributed by atoms with E-state index in [1.165, 1.54) is 21.3 Å². The van der Waals surface area contributed by atoms with Crippen molar-refractivity contribution in [3.05, 3.63) is 22.7 Å². The highest BCUT2D eigenvalue weighted by atomic mass is 35.5. The molecule has 1 aromatic rings. The molecule has 0 spiro atoms. The number of ether oxygens (including phenoxy) is 3. The second-order valence-corrected chi connectivity index (χ2v) is 3.88. The molecule has 0 aromatic heterocycles. The summed E-state index contributed by atoms with van der Waals surface area (Å²) in [6.07, 6.45) is 0. The first-order valence-corrected chi connectivity index (χ1v) is 5.42. The minimum Gasteiger partial charge on any atom is -0.493 e. The lowest BCUT2D eigenvalue weighted by atomic mass is 10.0. The molecule has 5 heteroatoms. The number of hydrogen-bond donors (Lipinski definition) is 0. The summed E-state index contributed by atoms with van der Waals surface area (Å²) in [7, 11) is 4.39. The predicted octanol–water partition coefficient (Wildman–Crippen LogP) is 2.63. The van der Waals surface area contributed by atoms with Crippen LogP contribution in [-0.4, -0.2) is 27.3 Å². The molecule has 1 rings (SSSR count). The molecule has 0 aliphatic rings. The van der Waals surface area contributed by atoms with Gasteiger partial charge in [0.25, 0.3) is 0 Å². The van der Waals surface area contributed by atoms with E-state index >= 15 is 0 Å². The largest absolute Gasteiger partial charge is 0.493 e. The van der Waals surface area contributed by atoms with Crippen LogP contribution in [0.2, 0.25) is 5.02 Å². The average molecular weight is 259 g/mol. The number of rotatable bonds is 4. The Kier molecular flexibility index (Phi) is 4.63. The number of halogens is 1. The van der Waals surface area contributed by atoms with Gasteiger partial charge in [-0.1, -0.05) is 11.6 Å². The molecule has 0 radical (unpaired) electrons. The molecule has 4 nitrogen and oxygen atoms in total. The summed E-state index contributed by atoms with van der Waals surface area (Å²) in [4.78, 5) is 11.5. The quantitative estimate of drug-likeness (QED) is 0.779. The zero-order chi connectivity index (χ0) is 13.0. The Hall–Kier alpha value is -1.42. The Balaban J connectivity index is 3.21. The minimum absolute atomic E-state index is 0.348. The molecule has 0 saturated carbocycles. The first kappa shape index (κ1) is 13.6. The fraction of sp³-hybridized carbons (Fsp3) is 0.417. The molecule has 94 valence electrons. The third-order valence-electron chi connectivity index (χ3n) is 2.52. The zero-order valence-electron chi connectivity index (χ0n) is 10.2. The highest BCUT2D eigenvalue weighted by Gasteiger charge is 2.21. The summed E-state index contributed by atoms with van der Waals surface area (Å²) >= 11 is 6.09. The van der Waals surface area contributed by atoms with Crippen molar-refractivity contribution in [3.63, 3.8) is 0 Å². The van der Waals surface area contributed by atoms with Gasteiger partial charge in [-0.2, -0.15) is 0 Å². The third kappa shape index (κ3) is 2.82. The van der Waals surface area contributed by atoms with Gasteiger partial charge in [-0.15, -0.1) is 0 Å². The third-order valence-corrected chi connectivity index (χ3v) is 2.85. The van der Waals surface area contributed by atoms with Gasteiger partial charge in [0, 0.05) is 11.1 Å². The predicted molar refractivity (Wildman–Crippen MR) is 65.0 cm³/mol. The van der Waals surface area contributed by atoms with Gasteiger partial charge >= 0.3 is 5.97 Å². The van der Waals surface area contributed by atoms with Crippen LogP contribution in [0.15, 0.2) is 12.1 Å². The SMILES string of the molecule is COC(=O)C(C)c1cc(OC)c(OC)cc1Cl. The number of carbonyl (C=O) groups excluding carboxylic acids is 1. The Morgan fingerprint density at radius 2 is 1.71 bits per heavy atom. The molecular weight excluding hydrogens is 244 g/mol. The second-order valence-electron chi connectivity index (χ2n) is 3.47. The number of esters is 1. The van der Waals surface area contributed by atoms with E-state index < -0.39 is 5.92 Å². The van der Waals surface area contributed by atoms with Crippen molar-refractivity contribution in [1.82, 2.24) is 0 Å². The fourth-order valence-corrected chi connectivity index (χ4v) is 1.82. The van der Waals surface area contributed by atoms with Crippen LogP contribution >= 0.6 is 11.6 Å². The molecule has 0 aliphatic carbocycles. The summed E-state index contributed by atoms with van der Waals surface area (Å²) < 4.78 is 15.0. The maximum absolute atomic E-state index is 11.5. The first-order chi connectivity index (χ1) is 8.04. The van der Waals surface area contributed by atoms with E-state index in [4.69, 9.17) is 21.1 Å². The Morgan fingerprint density at radius 3 is 2.18 bits per heavy atom. The Labute approximate surface area is 105 Å². The van der Waals surface area contributed by atoms with E-state index in [1.54, 1.807) is 19.1 Å². The highest BCUT2D eigenvalue weighted by molar-refractivity contribution is 6.31. The van der Waals surface area contributed by atoms with Crippen molar-refractivity contribution >= 4 is 17.6 Å². The normalized spacial score (nSPS) is 11.8. The van der Waals surface area contributed by atoms with Gasteiger partial charge < -0.3 is 14.2 Å². The van der Waals surface area contributed by atoms with E-state index in [0.717, 1.165) is 0 Å². The Bertz CT molecular complexity index is 417. The number of carbonyl (C=O) groups is 1. The van der Waals surface area contributed by atoms with Crippen LogP contribution in [-0.2, 0) is 9.53 Å². The van der Waals surface area contributed by atoms with Crippen molar-refractivity contribution < 1.29 is 19.0 Å². The number of benzene rings is 1. The maximum atomic E-state index is 11.5. The molecule has 0 saturated heterocycles. The van der Waals surface area contributed by atoms with E-state index in [-0.39, 0.29) is 5.97 Å². The van der Waals surface area contributed by atoms with Crippen LogP contribution < -0.4 is 9.47 Å². The molecule has 1 unspecified atom stereocenters. The minimum atomic E-state index is -0.452. The summed E-state index contributed by atoms with van der Waals surface area (Å²) in [5.41, 5.74) is 0.649. The van der Waals surface area contributed by atoms with Gasteiger partial charge in [-0.05, 0) is 18.6 Å². The lowest BCUT2D eigenvalue weighted by molar-refractivity contribution is -0.141. The molecule has 0 N–H and O–H groups in total. The van der Waals surface area contributed by atoms with Gasteiger partial charge in [-0.25, -0.2) is 0 Å². The van der Waals surface area contributed by atoms with Gasteiger partial charge in [0.2, 0.25) is 0 Å². The van der Waals surface area contributed by atoms with E-state index in [1.807, 2.05) is 0 Å². The molecule has 1 aromatic carbocycles. The van der Waals surface area contributed by atoms with Gasteiger partial charge in [0.1, 0.15) is 0 Å². The monoisotopic (exact) mass is 258 g/mol. The van der Waals surface area contributed by atoms with Gasteiger partial charge in [0.05, 0.1) is 27.2 Å². The van der Waals surface area contributed by atoms with E-state index in [2.05, 4.69) is 4.74 Å². The maximum Gasteiger partial charge on any atom is 0.312 e. The molecule has 0 bridgehead atoms. The fourth-order valence-electron chi connectivity index (χ4n) is 1.51. The van der Waals surface area contributed by atoms with Crippen molar-refractivity contribution in [1.29, 1.82) is 0 Å². The molecule has 1 atom stereocenters. The standard InChI is InChI=1S/C12H15ClO4/c1-7(12(14)17-4)8-5-10(15-2)11(16-3)6-9(8)13/h5-7H,1-4H3. The smallest absolute Gasteiger partial charge is 0.312 e. The van der Waals surface area contributed by atoms with Crippen LogP contribution in [0.3, 0.4) is 0 Å². The van der Waals surface area contributed by atoms with E-state index in [9.17, 15) is 4.79 Å². The van der Waals surface area contributed by atoms with Crippen LogP contribution in [0, 0.1) is 0 Å². The Morgan fingerprint density at radius 1 is 1.18 bits per heavy atom. The topological polar surface area (TPSA) is 44.8 Å². The van der Waals surface area contributed by atoms with Crippen LogP contribution in [0.4, 0.5) is 0 Å². The molecule has 17 heavy (non-hydrogen) atoms. The summed E-state index contributed by atoms with van der Waals surface area (Å²) in [6.45, 7) is 1.72. The van der Waals surface area contributed by atoms with Crippen LogP contribution in [0.1, 0.15) is 18.4 Å². The lowest BCUT2D eigenvalue weighted by Gasteiger charge is -2.15. The van der Waals surface area contributed by atoms with E-state index in [0.29, 0.717) is 22.1 Å². The summed E-state index contributed by atoms with van der Waals surface area (Å²) in [5.74, 6) is 0.257. The van der Waals surface area contributed by atoms with Crippen molar-refractivity contribution in [2.45, 2.75) is 12.8 Å². The van der Waals surface area contributed by atoms with Gasteiger partial charge in [0.15, 0.2) is 11.5 Å². The summed E-state index contributed by atoms with van der Waals surface area (Å²) in [5, 5.41) is 0.445. The molecule has 0 fully saturated rings. The number of methoxy groups -OCH3 is 3. The summed E-state index contributed by atoms with van der Waals surface area (Å²) in [6, 6.07) is 3.30. The zero-order valence-corrected chi connectivity index (χ0v) is 11.0. The number of hydrogen-bond acceptors (Lipinski definition) is 4. The van der Waals surface area contributed by atoms with Crippen LogP contribution in [0.5, 0.6) is 11.5 Å². The second kappa shape index (κ2) is 5.77. The molecule has 0 heterocycles. The average Bonchev–Trinajstić information content (AvgIpc) is 2.36. The van der Waals surface area contributed by atoms with Crippen molar-refractivity contribution in [2.24, 2.45) is 0 Å². The highest BCUT2D eigenvalue weighted by Crippen LogP contribution is 2.36. The molecule has 0 aliphatic heterocycles. The molecule has 0 amide bonds. The van der Waals surface area contributed by atoms with Crippen molar-refractivity contribution in [2.75, 3.05) is 21.3 Å².